The quantitative estimate of drug-likeness (QED) is 0.725. The highest BCUT2D eigenvalue weighted by molar-refractivity contribution is 7.89. The molecule has 7 heteroatoms. The van der Waals surface area contributed by atoms with Crippen molar-refractivity contribution in [1.82, 2.24) is 14.3 Å². The first-order valence-corrected chi connectivity index (χ1v) is 8.64. The number of aromatic nitrogens is 2. The van der Waals surface area contributed by atoms with Crippen LogP contribution in [0.4, 0.5) is 0 Å². The van der Waals surface area contributed by atoms with Crippen LogP contribution in [0.3, 0.4) is 0 Å². The molecule has 20 heavy (non-hydrogen) atoms. The molecule has 114 valence electrons. The third-order valence-electron chi connectivity index (χ3n) is 3.10. The molecule has 5 nitrogen and oxygen atoms in total. The molecule has 0 aliphatic heterocycles. The molecule has 1 aromatic heterocycles. The van der Waals surface area contributed by atoms with E-state index in [-0.39, 0.29) is 22.1 Å². The summed E-state index contributed by atoms with van der Waals surface area (Å²) >= 11 is 5.61. The van der Waals surface area contributed by atoms with Gasteiger partial charge in [-0.15, -0.1) is 0 Å². The average Bonchev–Trinajstić information content (AvgIpc) is 2.39. The van der Waals surface area contributed by atoms with E-state index in [1.807, 2.05) is 27.7 Å². The minimum atomic E-state index is -3.59. The molecule has 0 radical (unpaired) electrons. The van der Waals surface area contributed by atoms with Gasteiger partial charge in [0, 0.05) is 12.6 Å². The van der Waals surface area contributed by atoms with E-state index in [1.165, 1.54) is 12.4 Å². The predicted molar refractivity (Wildman–Crippen MR) is 80.1 cm³/mol. The van der Waals surface area contributed by atoms with Crippen molar-refractivity contribution in [3.05, 3.63) is 17.7 Å². The number of hydrogen-bond donors (Lipinski definition) is 0. The van der Waals surface area contributed by atoms with Gasteiger partial charge in [-0.2, -0.15) is 4.31 Å². The summed E-state index contributed by atoms with van der Waals surface area (Å²) in [5.41, 5.74) is 0. The highest BCUT2D eigenvalue weighted by atomic mass is 35.5. The van der Waals surface area contributed by atoms with Gasteiger partial charge in [-0.3, -0.25) is 0 Å². The largest absolute Gasteiger partial charge is 0.246 e. The van der Waals surface area contributed by atoms with Gasteiger partial charge in [-0.05, 0) is 30.4 Å². The number of halogens is 1. The van der Waals surface area contributed by atoms with E-state index in [1.54, 1.807) is 4.31 Å². The van der Waals surface area contributed by atoms with Crippen molar-refractivity contribution in [3.8, 4) is 0 Å². The van der Waals surface area contributed by atoms with Crippen molar-refractivity contribution in [2.75, 3.05) is 6.54 Å². The van der Waals surface area contributed by atoms with Crippen LogP contribution in [0.5, 0.6) is 0 Å². The van der Waals surface area contributed by atoms with E-state index in [9.17, 15) is 8.42 Å². The molecule has 0 aliphatic rings. The lowest BCUT2D eigenvalue weighted by atomic mass is 10.1. The Morgan fingerprint density at radius 3 is 2.10 bits per heavy atom. The van der Waals surface area contributed by atoms with Gasteiger partial charge in [0.1, 0.15) is 4.90 Å². The minimum Gasteiger partial charge on any atom is -0.225 e. The van der Waals surface area contributed by atoms with Gasteiger partial charge in [-0.1, -0.05) is 27.7 Å². The molecule has 0 spiro atoms. The first kappa shape index (κ1) is 17.3. The summed E-state index contributed by atoms with van der Waals surface area (Å²) in [6.45, 7) is 8.48. The number of sulfonamides is 1. The molecule has 0 aromatic carbocycles. The van der Waals surface area contributed by atoms with Crippen LogP contribution in [0.2, 0.25) is 5.28 Å². The Hall–Kier alpha value is -0.720. The molecular weight excluding hydrogens is 298 g/mol. The second kappa shape index (κ2) is 7.33. The number of hydrogen-bond acceptors (Lipinski definition) is 4. The van der Waals surface area contributed by atoms with Gasteiger partial charge in [-0.25, -0.2) is 18.4 Å². The van der Waals surface area contributed by atoms with Gasteiger partial charge in [0.2, 0.25) is 15.3 Å². The van der Waals surface area contributed by atoms with Crippen molar-refractivity contribution in [3.63, 3.8) is 0 Å². The van der Waals surface area contributed by atoms with Crippen LogP contribution in [-0.2, 0) is 10.0 Å². The fourth-order valence-electron chi connectivity index (χ4n) is 2.07. The molecule has 0 unspecified atom stereocenters. The van der Waals surface area contributed by atoms with E-state index in [4.69, 9.17) is 11.6 Å². The molecule has 0 saturated heterocycles. The Morgan fingerprint density at radius 1 is 1.20 bits per heavy atom. The van der Waals surface area contributed by atoms with Gasteiger partial charge in [0.05, 0.1) is 12.4 Å². The van der Waals surface area contributed by atoms with Gasteiger partial charge in [0.15, 0.2) is 0 Å². The second-order valence-electron chi connectivity index (χ2n) is 5.13. The minimum absolute atomic E-state index is 0.0157. The molecule has 0 atom stereocenters. The first-order chi connectivity index (χ1) is 9.32. The molecular formula is C13H22ClN3O2S. The normalized spacial score (nSPS) is 12.6. The second-order valence-corrected chi connectivity index (χ2v) is 7.36. The summed E-state index contributed by atoms with van der Waals surface area (Å²) < 4.78 is 27.0. The fourth-order valence-corrected chi connectivity index (χ4v) is 3.99. The standard InChI is InChI=1S/C13H22ClN3O2S/c1-5-11(6-2)17(9-10(3)4)20(18,19)12-7-15-13(14)16-8-12/h7-8,10-11H,5-6,9H2,1-4H3. The Kier molecular flexibility index (Phi) is 6.36. The molecule has 1 rings (SSSR count). The average molecular weight is 320 g/mol. The maximum Gasteiger partial charge on any atom is 0.246 e. The van der Waals surface area contributed by atoms with Crippen molar-refractivity contribution in [2.45, 2.75) is 51.5 Å². The maximum absolute atomic E-state index is 12.7. The molecule has 1 aromatic rings. The smallest absolute Gasteiger partial charge is 0.225 e. The van der Waals surface area contributed by atoms with Crippen LogP contribution in [0, 0.1) is 5.92 Å². The van der Waals surface area contributed by atoms with E-state index >= 15 is 0 Å². The third kappa shape index (κ3) is 4.14. The SMILES string of the molecule is CCC(CC)N(CC(C)C)S(=O)(=O)c1cnc(Cl)nc1. The zero-order valence-corrected chi connectivity index (χ0v) is 13.9. The molecule has 0 N–H and O–H groups in total. The Bertz CT molecular complexity index is 513. The Labute approximate surface area is 126 Å². The first-order valence-electron chi connectivity index (χ1n) is 6.82. The summed E-state index contributed by atoms with van der Waals surface area (Å²) in [4.78, 5) is 7.62. The van der Waals surface area contributed by atoms with Crippen LogP contribution in [0.25, 0.3) is 0 Å². The zero-order chi connectivity index (χ0) is 15.3. The zero-order valence-electron chi connectivity index (χ0n) is 12.4. The molecule has 0 fully saturated rings. The van der Waals surface area contributed by atoms with Crippen LogP contribution in [0.15, 0.2) is 17.3 Å². The lowest BCUT2D eigenvalue weighted by molar-refractivity contribution is 0.276. The highest BCUT2D eigenvalue weighted by Crippen LogP contribution is 2.22. The van der Waals surface area contributed by atoms with E-state index in [0.29, 0.717) is 6.54 Å². The number of rotatable bonds is 7. The van der Waals surface area contributed by atoms with Crippen LogP contribution < -0.4 is 0 Å². The van der Waals surface area contributed by atoms with Crippen molar-refractivity contribution >= 4 is 21.6 Å². The Balaban J connectivity index is 3.19. The van der Waals surface area contributed by atoms with Crippen molar-refractivity contribution in [2.24, 2.45) is 5.92 Å². The van der Waals surface area contributed by atoms with Crippen LogP contribution in [0.1, 0.15) is 40.5 Å². The van der Waals surface area contributed by atoms with Crippen LogP contribution >= 0.6 is 11.6 Å². The lowest BCUT2D eigenvalue weighted by Crippen LogP contribution is -2.42. The molecule has 1 heterocycles. The highest BCUT2D eigenvalue weighted by Gasteiger charge is 2.30. The monoisotopic (exact) mass is 319 g/mol. The summed E-state index contributed by atoms with van der Waals surface area (Å²) in [6, 6.07) is -0.0157. The summed E-state index contributed by atoms with van der Waals surface area (Å²) in [5, 5.41) is 0.0434. The fraction of sp³-hybridized carbons (Fsp3) is 0.692. The predicted octanol–water partition coefficient (Wildman–Crippen LogP) is 2.97. The van der Waals surface area contributed by atoms with Crippen molar-refractivity contribution < 1.29 is 8.42 Å². The summed E-state index contributed by atoms with van der Waals surface area (Å²) in [5.74, 6) is 0.249. The van der Waals surface area contributed by atoms with Crippen LogP contribution in [-0.4, -0.2) is 35.3 Å². The molecule has 0 saturated carbocycles. The lowest BCUT2D eigenvalue weighted by Gasteiger charge is -2.30. The van der Waals surface area contributed by atoms with E-state index in [0.717, 1.165) is 12.8 Å². The number of nitrogens with zero attached hydrogens (tertiary/aromatic N) is 3. The van der Waals surface area contributed by atoms with Gasteiger partial charge < -0.3 is 0 Å². The Morgan fingerprint density at radius 2 is 1.70 bits per heavy atom. The van der Waals surface area contributed by atoms with E-state index < -0.39 is 10.0 Å². The van der Waals surface area contributed by atoms with E-state index in [2.05, 4.69) is 9.97 Å². The van der Waals surface area contributed by atoms with Gasteiger partial charge >= 0.3 is 0 Å². The summed E-state index contributed by atoms with van der Waals surface area (Å²) in [6.07, 6.45) is 4.08. The topological polar surface area (TPSA) is 63.2 Å². The third-order valence-corrected chi connectivity index (χ3v) is 5.16. The molecule has 0 amide bonds. The van der Waals surface area contributed by atoms with Crippen molar-refractivity contribution in [1.29, 1.82) is 0 Å². The molecule has 0 bridgehead atoms. The maximum atomic E-state index is 12.7. The summed E-state index contributed by atoms with van der Waals surface area (Å²) in [7, 11) is -3.59. The molecule has 0 aliphatic carbocycles. The van der Waals surface area contributed by atoms with Gasteiger partial charge in [0.25, 0.3) is 0 Å².